The third kappa shape index (κ3) is 3.45. The molecule has 0 aliphatic rings. The molecular weight excluding hydrogens is 376 g/mol. The van der Waals surface area contributed by atoms with Crippen LogP contribution in [0.15, 0.2) is 41.2 Å². The van der Waals surface area contributed by atoms with Crippen LogP contribution in [0.25, 0.3) is 10.8 Å². The lowest BCUT2D eigenvalue weighted by atomic mass is 9.99. The highest BCUT2D eigenvalue weighted by Gasteiger charge is 2.31. The van der Waals surface area contributed by atoms with E-state index in [2.05, 4.69) is 10.2 Å². The molecule has 3 rings (SSSR count). The van der Waals surface area contributed by atoms with Gasteiger partial charge in [-0.15, -0.1) is 0 Å². The number of H-pyrrole nitrogens is 1. The van der Waals surface area contributed by atoms with Crippen molar-refractivity contribution in [3.8, 4) is 0 Å². The van der Waals surface area contributed by atoms with E-state index in [0.717, 1.165) is 0 Å². The summed E-state index contributed by atoms with van der Waals surface area (Å²) in [5.74, 6) is -1.54. The number of carbonyl (C=O) groups excluding carboxylic acids is 1. The lowest BCUT2D eigenvalue weighted by Gasteiger charge is -2.10. The topological polar surface area (TPSA) is 62.8 Å². The number of nitrogens with zero attached hydrogens (tertiary/aromatic N) is 1. The number of Topliss-reactive ketones (excluding diaryl/α,β-unsaturated/α-hetero) is 1. The third-order valence-corrected chi connectivity index (χ3v) is 4.08. The van der Waals surface area contributed by atoms with E-state index in [1.165, 1.54) is 18.2 Å². The van der Waals surface area contributed by atoms with Crippen molar-refractivity contribution in [2.75, 3.05) is 0 Å². The van der Waals surface area contributed by atoms with Gasteiger partial charge in [0.15, 0.2) is 10.9 Å². The van der Waals surface area contributed by atoms with Crippen LogP contribution in [0.3, 0.4) is 0 Å². The van der Waals surface area contributed by atoms with Crippen LogP contribution in [0.4, 0.5) is 17.6 Å². The van der Waals surface area contributed by atoms with Crippen LogP contribution in [-0.4, -0.2) is 16.0 Å². The van der Waals surface area contributed by atoms with E-state index < -0.39 is 35.3 Å². The number of benzene rings is 2. The summed E-state index contributed by atoms with van der Waals surface area (Å²) in [6, 6.07) is 5.85. The molecule has 0 aliphatic heterocycles. The summed E-state index contributed by atoms with van der Waals surface area (Å²) in [6.45, 7) is 0. The molecule has 26 heavy (non-hydrogen) atoms. The van der Waals surface area contributed by atoms with Gasteiger partial charge in [0.25, 0.3) is 5.56 Å². The first-order valence-corrected chi connectivity index (χ1v) is 7.61. The second-order valence-electron chi connectivity index (χ2n) is 5.51. The van der Waals surface area contributed by atoms with Gasteiger partial charge in [0.2, 0.25) is 0 Å². The molecule has 0 fully saturated rings. The van der Waals surface area contributed by atoms with E-state index in [9.17, 15) is 27.2 Å². The fourth-order valence-electron chi connectivity index (χ4n) is 2.47. The smallest absolute Gasteiger partial charge is 0.294 e. The van der Waals surface area contributed by atoms with Crippen molar-refractivity contribution in [1.82, 2.24) is 10.2 Å². The Morgan fingerprint density at radius 3 is 2.54 bits per heavy atom. The maximum atomic E-state index is 13.8. The number of alkyl halides is 3. The minimum atomic E-state index is -4.64. The van der Waals surface area contributed by atoms with Crippen molar-refractivity contribution in [2.24, 2.45) is 0 Å². The summed E-state index contributed by atoms with van der Waals surface area (Å²) >= 11 is 5.88. The van der Waals surface area contributed by atoms with Gasteiger partial charge >= 0.3 is 6.18 Å². The molecule has 0 atom stereocenters. The van der Waals surface area contributed by atoms with E-state index in [-0.39, 0.29) is 27.1 Å². The average molecular weight is 385 g/mol. The summed E-state index contributed by atoms with van der Waals surface area (Å²) in [4.78, 5) is 24.0. The van der Waals surface area contributed by atoms with E-state index in [1.807, 2.05) is 0 Å². The van der Waals surface area contributed by atoms with Gasteiger partial charge in [-0.3, -0.25) is 9.59 Å². The SMILES string of the molecule is O=C(Cc1cc(C(F)(F)F)ccc1F)c1ccc2c(=O)[nH]nc(Cl)c2c1. The number of rotatable bonds is 3. The standard InChI is InChI=1S/C17H9ClF4N2O2/c18-15-12-6-8(1-3-11(12)16(26)24-23-15)14(25)7-9-5-10(17(20,21)22)2-4-13(9)19/h1-6H,7H2,(H,24,26). The molecule has 9 heteroatoms. The normalized spacial score (nSPS) is 11.7. The first-order valence-electron chi connectivity index (χ1n) is 7.23. The molecule has 0 radical (unpaired) electrons. The van der Waals surface area contributed by atoms with Crippen LogP contribution in [-0.2, 0) is 12.6 Å². The molecule has 3 aromatic rings. The Balaban J connectivity index is 1.97. The summed E-state index contributed by atoms with van der Waals surface area (Å²) in [5, 5.41) is 6.13. The molecule has 0 saturated heterocycles. The second kappa shape index (κ2) is 6.53. The molecule has 0 aliphatic carbocycles. The van der Waals surface area contributed by atoms with Crippen molar-refractivity contribution >= 4 is 28.2 Å². The van der Waals surface area contributed by atoms with Crippen LogP contribution in [0.1, 0.15) is 21.5 Å². The van der Waals surface area contributed by atoms with Gasteiger partial charge in [0, 0.05) is 17.4 Å². The highest BCUT2D eigenvalue weighted by Crippen LogP contribution is 2.30. The van der Waals surface area contributed by atoms with Gasteiger partial charge in [-0.2, -0.15) is 18.3 Å². The lowest BCUT2D eigenvalue weighted by molar-refractivity contribution is -0.137. The Bertz CT molecular complexity index is 1080. The van der Waals surface area contributed by atoms with Crippen molar-refractivity contribution < 1.29 is 22.4 Å². The average Bonchev–Trinajstić information content (AvgIpc) is 2.59. The van der Waals surface area contributed by atoms with Crippen molar-refractivity contribution in [1.29, 1.82) is 0 Å². The number of aromatic amines is 1. The lowest BCUT2D eigenvalue weighted by Crippen LogP contribution is -2.11. The fourth-order valence-corrected chi connectivity index (χ4v) is 2.67. The minimum Gasteiger partial charge on any atom is -0.294 e. The highest BCUT2D eigenvalue weighted by atomic mass is 35.5. The summed E-state index contributed by atoms with van der Waals surface area (Å²) < 4.78 is 52.1. The molecule has 0 saturated carbocycles. The van der Waals surface area contributed by atoms with Gasteiger partial charge in [-0.25, -0.2) is 9.49 Å². The highest BCUT2D eigenvalue weighted by molar-refractivity contribution is 6.34. The maximum Gasteiger partial charge on any atom is 0.416 e. The molecule has 4 nitrogen and oxygen atoms in total. The zero-order valence-electron chi connectivity index (χ0n) is 12.8. The fraction of sp³-hybridized carbons (Fsp3) is 0.118. The first-order chi connectivity index (χ1) is 12.2. The quantitative estimate of drug-likeness (QED) is 0.545. The molecule has 134 valence electrons. The van der Waals surface area contributed by atoms with Crippen LogP contribution in [0.2, 0.25) is 5.15 Å². The minimum absolute atomic E-state index is 0.0421. The van der Waals surface area contributed by atoms with E-state index in [4.69, 9.17) is 11.6 Å². The Labute approximate surface area is 148 Å². The Kier molecular flexibility index (Phi) is 4.53. The molecule has 0 unspecified atom stereocenters. The van der Waals surface area contributed by atoms with Gasteiger partial charge in [-0.05, 0) is 35.9 Å². The number of ketones is 1. The Morgan fingerprint density at radius 1 is 1.12 bits per heavy atom. The van der Waals surface area contributed by atoms with Gasteiger partial charge in [0.1, 0.15) is 5.82 Å². The van der Waals surface area contributed by atoms with Crippen LogP contribution in [0.5, 0.6) is 0 Å². The Morgan fingerprint density at radius 2 is 1.85 bits per heavy atom. The number of fused-ring (bicyclic) bond motifs is 1. The van der Waals surface area contributed by atoms with Crippen molar-refractivity contribution in [2.45, 2.75) is 12.6 Å². The van der Waals surface area contributed by atoms with Crippen LogP contribution in [0, 0.1) is 5.82 Å². The zero-order chi connectivity index (χ0) is 19.1. The number of halogens is 5. The van der Waals surface area contributed by atoms with Gasteiger partial charge < -0.3 is 0 Å². The summed E-state index contributed by atoms with van der Waals surface area (Å²) in [6.07, 6.45) is -5.22. The largest absolute Gasteiger partial charge is 0.416 e. The van der Waals surface area contributed by atoms with E-state index in [1.54, 1.807) is 0 Å². The molecule has 0 spiro atoms. The second-order valence-corrected chi connectivity index (χ2v) is 5.87. The molecule has 1 aromatic heterocycles. The number of carbonyl (C=O) groups is 1. The molecule has 1 N–H and O–H groups in total. The van der Waals surface area contributed by atoms with Crippen LogP contribution >= 0.6 is 11.6 Å². The zero-order valence-corrected chi connectivity index (χ0v) is 13.6. The van der Waals surface area contributed by atoms with Gasteiger partial charge in [0.05, 0.1) is 10.9 Å². The summed E-state index contributed by atoms with van der Waals surface area (Å²) in [5.41, 5.74) is -1.85. The predicted molar refractivity (Wildman–Crippen MR) is 86.8 cm³/mol. The molecule has 1 heterocycles. The van der Waals surface area contributed by atoms with E-state index >= 15 is 0 Å². The molecule has 0 amide bonds. The maximum absolute atomic E-state index is 13.8. The third-order valence-electron chi connectivity index (χ3n) is 3.79. The predicted octanol–water partition coefficient (Wildman–Crippen LogP) is 4.16. The van der Waals surface area contributed by atoms with E-state index in [0.29, 0.717) is 18.2 Å². The Hall–Kier alpha value is -2.74. The summed E-state index contributed by atoms with van der Waals surface area (Å²) in [7, 11) is 0. The van der Waals surface area contributed by atoms with Crippen molar-refractivity contribution in [3.05, 3.63) is 74.4 Å². The molecule has 2 aromatic carbocycles. The number of hydrogen-bond acceptors (Lipinski definition) is 3. The van der Waals surface area contributed by atoms with Gasteiger partial charge in [-0.1, -0.05) is 17.7 Å². The van der Waals surface area contributed by atoms with Crippen molar-refractivity contribution in [3.63, 3.8) is 0 Å². The number of aromatic nitrogens is 2. The molecular formula is C17H9ClF4N2O2. The number of hydrogen-bond donors (Lipinski definition) is 1. The van der Waals surface area contributed by atoms with Crippen LogP contribution < -0.4 is 5.56 Å². The first kappa shape index (κ1) is 18.1. The number of nitrogens with one attached hydrogen (secondary N) is 1. The molecule has 0 bridgehead atoms. The monoisotopic (exact) mass is 384 g/mol.